The molecule has 18 heteroatoms. The van der Waals surface area contributed by atoms with Crippen LogP contribution in [0.5, 0.6) is 0 Å². The molecule has 0 radical (unpaired) electrons. The Labute approximate surface area is 192 Å². The molecule has 0 unspecified atom stereocenters. The third-order valence-corrected chi connectivity index (χ3v) is 4.54. The van der Waals surface area contributed by atoms with Gasteiger partial charge in [0.25, 0.3) is 0 Å². The van der Waals surface area contributed by atoms with Gasteiger partial charge in [0, 0.05) is 13.1 Å². The Morgan fingerprint density at radius 3 is 2.61 bits per heavy atom. The van der Waals surface area contributed by atoms with Crippen LogP contribution in [0.4, 0.5) is 29.1 Å². The molecule has 0 spiro atoms. The number of hydrogen-bond acceptors (Lipinski definition) is 9. The number of halogens is 5. The molecule has 0 fully saturated rings. The van der Waals surface area contributed by atoms with Crippen LogP contribution in [0.25, 0.3) is 0 Å². The number of hydroxylamine groups is 1. The van der Waals surface area contributed by atoms with Gasteiger partial charge in [0.1, 0.15) is 12.4 Å². The molecule has 0 saturated carbocycles. The summed E-state index contributed by atoms with van der Waals surface area (Å²) in [7, 11) is -3.88. The molecular weight excluding hydrogens is 544 g/mol. The minimum Gasteiger partial charge on any atom is -0.363 e. The zero-order valence-corrected chi connectivity index (χ0v) is 19.0. The van der Waals surface area contributed by atoms with E-state index in [1.165, 1.54) is 12.1 Å². The van der Waals surface area contributed by atoms with Gasteiger partial charge in [-0.25, -0.2) is 27.4 Å². The fraction of sp³-hybridized carbons (Fsp3) is 0.333. The molecule has 1 aromatic carbocycles. The van der Waals surface area contributed by atoms with Crippen molar-refractivity contribution < 1.29 is 35.8 Å². The zero-order chi connectivity index (χ0) is 24.6. The molecule has 182 valence electrons. The molecule has 1 heterocycles. The summed E-state index contributed by atoms with van der Waals surface area (Å²) in [5, 5.41) is 21.7. The van der Waals surface area contributed by atoms with Gasteiger partial charge >= 0.3 is 6.18 Å². The Bertz CT molecular complexity index is 1120. The van der Waals surface area contributed by atoms with Gasteiger partial charge in [0.2, 0.25) is 21.8 Å². The second-order valence-corrected chi connectivity index (χ2v) is 8.74. The normalized spacial score (nSPS) is 13.1. The number of guanidine groups is 1. The largest absolute Gasteiger partial charge is 0.408 e. The van der Waals surface area contributed by atoms with Gasteiger partial charge in [-0.3, -0.25) is 15.4 Å². The van der Waals surface area contributed by atoms with Crippen LogP contribution in [0.15, 0.2) is 37.3 Å². The molecular formula is C15H17BrF4N8O4S. The Hall–Kier alpha value is -2.99. The number of sulfonamides is 1. The summed E-state index contributed by atoms with van der Waals surface area (Å²) in [5.74, 6) is -1.34. The van der Waals surface area contributed by atoms with Gasteiger partial charge in [-0.1, -0.05) is 0 Å². The molecule has 0 aliphatic carbocycles. The molecule has 33 heavy (non-hydrogen) atoms. The van der Waals surface area contributed by atoms with E-state index >= 15 is 0 Å². The van der Waals surface area contributed by atoms with E-state index < -0.39 is 34.5 Å². The maximum Gasteiger partial charge on any atom is 0.408 e. The summed E-state index contributed by atoms with van der Waals surface area (Å²) in [6.07, 6.45) is -3.87. The van der Waals surface area contributed by atoms with Crippen LogP contribution >= 0.6 is 15.9 Å². The van der Waals surface area contributed by atoms with E-state index in [1.807, 2.05) is 10.2 Å². The third kappa shape index (κ3) is 9.18. The van der Waals surface area contributed by atoms with Gasteiger partial charge < -0.3 is 10.6 Å². The number of anilines is 1. The highest BCUT2D eigenvalue weighted by Gasteiger charge is 2.27. The fourth-order valence-electron chi connectivity index (χ4n) is 2.10. The smallest absolute Gasteiger partial charge is 0.363 e. The average molecular weight is 561 g/mol. The third-order valence-electron chi connectivity index (χ3n) is 3.37. The number of alkyl halides is 3. The Balaban J connectivity index is 2.05. The summed E-state index contributed by atoms with van der Waals surface area (Å²) < 4.78 is 79.6. The van der Waals surface area contributed by atoms with E-state index in [9.17, 15) is 31.2 Å². The lowest BCUT2D eigenvalue weighted by atomic mass is 10.3. The molecule has 2 rings (SSSR count). The van der Waals surface area contributed by atoms with Gasteiger partial charge in [-0.15, -0.1) is 0 Å². The van der Waals surface area contributed by atoms with Crippen molar-refractivity contribution in [3.63, 3.8) is 0 Å². The average Bonchev–Trinajstić information content (AvgIpc) is 3.16. The van der Waals surface area contributed by atoms with E-state index in [0.29, 0.717) is 0 Å². The van der Waals surface area contributed by atoms with Crippen molar-refractivity contribution in [2.45, 2.75) is 6.18 Å². The van der Waals surface area contributed by atoms with Crippen molar-refractivity contribution in [3.05, 3.63) is 34.2 Å². The van der Waals surface area contributed by atoms with E-state index in [4.69, 9.17) is 0 Å². The molecule has 0 amide bonds. The predicted octanol–water partition coefficient (Wildman–Crippen LogP) is 1.50. The summed E-state index contributed by atoms with van der Waals surface area (Å²) >= 11 is 3.01. The van der Waals surface area contributed by atoms with Crippen LogP contribution in [-0.2, 0) is 10.0 Å². The van der Waals surface area contributed by atoms with Crippen LogP contribution < -0.4 is 20.8 Å². The molecule has 0 atom stereocenters. The second kappa shape index (κ2) is 11.2. The Morgan fingerprint density at radius 1 is 1.27 bits per heavy atom. The standard InChI is InChI=1S/C15H17BrF4N8O4S/c1-33(30,31)28-14(23-7-15(18,19)20)22-5-4-21-12-11(26-32-27-12)13(25-29)24-8-2-3-10(17)9(16)6-8/h2-3,6,29H,4-5,7H2,1H3,(H,21,27)(H,24,25)(H2,22,23,28). The topological polar surface area (TPSA) is 166 Å². The SMILES string of the molecule is CS(=O)(=O)NC(=NCC(F)(F)F)NCCNc1nonc1C(=Nc1ccc(F)c(Br)c1)NO. The van der Waals surface area contributed by atoms with Crippen molar-refractivity contribution in [1.82, 2.24) is 25.8 Å². The maximum absolute atomic E-state index is 13.4. The molecule has 0 saturated heterocycles. The molecule has 0 aliphatic heterocycles. The Kier molecular flexibility index (Phi) is 8.94. The lowest BCUT2D eigenvalue weighted by Crippen LogP contribution is -2.43. The quantitative estimate of drug-likeness (QED) is 0.106. The summed E-state index contributed by atoms with van der Waals surface area (Å²) in [4.78, 5) is 7.22. The summed E-state index contributed by atoms with van der Waals surface area (Å²) in [5.41, 5.74) is 1.99. The monoisotopic (exact) mass is 560 g/mol. The predicted molar refractivity (Wildman–Crippen MR) is 112 cm³/mol. The number of aliphatic imine (C=N–C) groups is 2. The number of benzene rings is 1. The minimum absolute atomic E-state index is 0.0110. The number of aromatic nitrogens is 2. The van der Waals surface area contributed by atoms with Crippen molar-refractivity contribution in [2.75, 3.05) is 31.2 Å². The van der Waals surface area contributed by atoms with Crippen LogP contribution in [-0.4, -0.2) is 67.8 Å². The zero-order valence-electron chi connectivity index (χ0n) is 16.6. The number of hydrogen-bond donors (Lipinski definition) is 5. The number of nitrogens with one attached hydrogen (secondary N) is 4. The molecule has 0 aliphatic rings. The van der Waals surface area contributed by atoms with Crippen molar-refractivity contribution >= 4 is 49.3 Å². The highest BCUT2D eigenvalue weighted by atomic mass is 79.9. The van der Waals surface area contributed by atoms with Crippen LogP contribution in [0, 0.1) is 5.82 Å². The second-order valence-electron chi connectivity index (χ2n) is 6.14. The van der Waals surface area contributed by atoms with Gasteiger partial charge in [-0.05, 0) is 44.4 Å². The van der Waals surface area contributed by atoms with E-state index in [1.54, 1.807) is 0 Å². The first-order valence-electron chi connectivity index (χ1n) is 8.71. The van der Waals surface area contributed by atoms with Gasteiger partial charge in [-0.2, -0.15) is 13.2 Å². The molecule has 12 nitrogen and oxygen atoms in total. The van der Waals surface area contributed by atoms with Crippen molar-refractivity contribution in [2.24, 2.45) is 9.98 Å². The van der Waals surface area contributed by atoms with E-state index in [0.717, 1.165) is 12.3 Å². The minimum atomic E-state index is -4.63. The molecule has 5 N–H and O–H groups in total. The van der Waals surface area contributed by atoms with Crippen molar-refractivity contribution in [1.29, 1.82) is 0 Å². The lowest BCUT2D eigenvalue weighted by Gasteiger charge is -2.12. The molecule has 2 aromatic rings. The van der Waals surface area contributed by atoms with E-state index in [2.05, 4.69) is 51.5 Å². The van der Waals surface area contributed by atoms with E-state index in [-0.39, 0.29) is 40.6 Å². The van der Waals surface area contributed by atoms with Crippen LogP contribution in [0.2, 0.25) is 0 Å². The van der Waals surface area contributed by atoms with Crippen LogP contribution in [0.3, 0.4) is 0 Å². The lowest BCUT2D eigenvalue weighted by molar-refractivity contribution is -0.118. The van der Waals surface area contributed by atoms with Gasteiger partial charge in [0.05, 0.1) is 16.4 Å². The fourth-order valence-corrected chi connectivity index (χ4v) is 2.96. The first-order valence-corrected chi connectivity index (χ1v) is 11.4. The first kappa shape index (κ1) is 26.3. The van der Waals surface area contributed by atoms with Crippen molar-refractivity contribution in [3.8, 4) is 0 Å². The number of rotatable bonds is 8. The molecule has 0 bridgehead atoms. The first-order chi connectivity index (χ1) is 15.4. The maximum atomic E-state index is 13.4. The summed E-state index contributed by atoms with van der Waals surface area (Å²) in [6.45, 7) is -1.71. The summed E-state index contributed by atoms with van der Waals surface area (Å²) in [6, 6.07) is 3.82. The Morgan fingerprint density at radius 2 is 2.00 bits per heavy atom. The highest BCUT2D eigenvalue weighted by Crippen LogP contribution is 2.23. The highest BCUT2D eigenvalue weighted by molar-refractivity contribution is 9.10. The molecule has 1 aromatic heterocycles. The van der Waals surface area contributed by atoms with Gasteiger partial charge in [0.15, 0.2) is 11.5 Å². The van der Waals surface area contributed by atoms with Crippen LogP contribution in [0.1, 0.15) is 5.69 Å². The number of nitrogens with zero attached hydrogens (tertiary/aromatic N) is 4. The number of amidine groups is 1.